The first-order chi connectivity index (χ1) is 31.5. The van der Waals surface area contributed by atoms with Crippen LogP contribution >= 0.6 is 12.4 Å². The van der Waals surface area contributed by atoms with Crippen molar-refractivity contribution >= 4 is 30.1 Å². The van der Waals surface area contributed by atoms with Crippen LogP contribution in [0.1, 0.15) is 123 Å². The van der Waals surface area contributed by atoms with Crippen LogP contribution in [-0.4, -0.2) is 128 Å². The summed E-state index contributed by atoms with van der Waals surface area (Å²) < 4.78 is 5.03. The topological polar surface area (TPSA) is 88.5 Å². The third-order valence-corrected chi connectivity index (χ3v) is 15.8. The minimum atomic E-state index is -0.172. The van der Waals surface area contributed by atoms with E-state index in [1.165, 1.54) is 65.5 Å². The molecule has 0 saturated carbocycles. The number of carbonyl (C=O) groups excluding carboxylic acids is 1. The molecule has 67 heavy (non-hydrogen) atoms. The molecule has 0 radical (unpaired) electrons. The number of aliphatic hydroxyl groups excluding tert-OH is 1. The first kappa shape index (κ1) is 50.7. The van der Waals surface area contributed by atoms with E-state index in [4.69, 9.17) is 19.8 Å². The maximum atomic E-state index is 11.6. The van der Waals surface area contributed by atoms with Crippen LogP contribution in [0.3, 0.4) is 0 Å². The van der Waals surface area contributed by atoms with E-state index in [1.807, 2.05) is 0 Å². The molecule has 9 rings (SSSR count). The van der Waals surface area contributed by atoms with E-state index in [-0.39, 0.29) is 40.2 Å². The minimum absolute atomic E-state index is 0. The number of aromatic nitrogens is 2. The van der Waals surface area contributed by atoms with Crippen molar-refractivity contribution in [1.82, 2.24) is 24.7 Å². The zero-order valence-corrected chi connectivity index (χ0v) is 42.9. The molecule has 2 aromatic carbocycles. The number of piperazine rings is 2. The number of anilines is 2. The second-order valence-corrected chi connectivity index (χ2v) is 22.4. The number of unbranched alkanes of at least 4 members (excludes halogenated alkanes) is 2. The number of cyclic esters (lactones) is 1. The van der Waals surface area contributed by atoms with Crippen LogP contribution in [-0.2, 0) is 26.4 Å². The number of fused-ring (bicyclic) bond motifs is 2. The molecule has 5 aliphatic rings. The SMILES string of the molecule is CC1(C)CCC(C)(C)c2cc(-c3cccc(N4CCN(CCCCCO)CC4)n3)ccc21.CC1(C)CCC(C)(C)c2cc(-c3cccc(N4CCN(CCN5CCOC5=O)CC4)n3)ccc21.Cl. The average Bonchev–Trinajstić information content (AvgIpc) is 3.74. The molecule has 0 unspecified atom stereocenters. The molecule has 10 nitrogen and oxygen atoms in total. The lowest BCUT2D eigenvalue weighted by Gasteiger charge is -2.42. The Morgan fingerprint density at radius 1 is 0.522 bits per heavy atom. The smallest absolute Gasteiger partial charge is 0.409 e. The average molecular weight is 935 g/mol. The standard InChI is InChI=1S/C28H38N4O2.C28H41N3O.ClH/c1-27(2)10-11-28(3,4)23-20-21(8-9-22(23)27)24-6-5-7-25(29-24)31-15-12-30(13-16-31)14-17-32-18-19-34-26(32)33;1-27(2)13-14-28(3,4)24-21-22(11-12-23(24)27)25-9-8-10-26(29-25)31-18-16-30(17-19-31)15-6-5-7-20-32;/h5-9,20H,10-19H2,1-4H3;8-12,21,32H,5-7,13-20H2,1-4H3;1H. The van der Waals surface area contributed by atoms with Crippen LogP contribution in [0.5, 0.6) is 0 Å². The summed E-state index contributed by atoms with van der Waals surface area (Å²) in [6.07, 6.45) is 7.97. The van der Waals surface area contributed by atoms with Crippen LogP contribution in [0.4, 0.5) is 16.4 Å². The second kappa shape index (κ2) is 21.2. The van der Waals surface area contributed by atoms with Gasteiger partial charge < -0.3 is 24.5 Å². The lowest BCUT2D eigenvalue weighted by Crippen LogP contribution is -2.48. The summed E-state index contributed by atoms with van der Waals surface area (Å²) in [7, 11) is 0. The van der Waals surface area contributed by atoms with E-state index in [9.17, 15) is 4.79 Å². The summed E-state index contributed by atoms with van der Waals surface area (Å²) in [4.78, 5) is 33.4. The molecular weight excluding hydrogens is 854 g/mol. The maximum Gasteiger partial charge on any atom is 0.409 e. The van der Waals surface area contributed by atoms with Gasteiger partial charge in [-0.15, -0.1) is 12.4 Å². The number of hydrogen-bond donors (Lipinski definition) is 1. The van der Waals surface area contributed by atoms with Gasteiger partial charge in [0.1, 0.15) is 18.2 Å². The summed E-state index contributed by atoms with van der Waals surface area (Å²) in [5.74, 6) is 2.15. The van der Waals surface area contributed by atoms with Crippen molar-refractivity contribution in [2.24, 2.45) is 0 Å². The van der Waals surface area contributed by atoms with E-state index < -0.39 is 0 Å². The van der Waals surface area contributed by atoms with Crippen molar-refractivity contribution < 1.29 is 14.6 Å². The van der Waals surface area contributed by atoms with Gasteiger partial charge in [-0.05, 0) is 132 Å². The van der Waals surface area contributed by atoms with Gasteiger partial charge in [-0.25, -0.2) is 14.8 Å². The van der Waals surface area contributed by atoms with Gasteiger partial charge in [0, 0.05) is 83.2 Å². The van der Waals surface area contributed by atoms with Crippen LogP contribution in [0.2, 0.25) is 0 Å². The number of halogens is 1. The molecule has 11 heteroatoms. The first-order valence-corrected chi connectivity index (χ1v) is 25.3. The highest BCUT2D eigenvalue weighted by Crippen LogP contribution is 2.48. The van der Waals surface area contributed by atoms with Crippen molar-refractivity contribution in [1.29, 1.82) is 0 Å². The van der Waals surface area contributed by atoms with Crippen molar-refractivity contribution in [2.45, 2.75) is 122 Å². The van der Waals surface area contributed by atoms with Crippen LogP contribution in [0.15, 0.2) is 72.8 Å². The van der Waals surface area contributed by atoms with Crippen LogP contribution < -0.4 is 9.80 Å². The Morgan fingerprint density at radius 3 is 1.40 bits per heavy atom. The fourth-order valence-corrected chi connectivity index (χ4v) is 10.9. The van der Waals surface area contributed by atoms with Gasteiger partial charge in [-0.1, -0.05) is 91.8 Å². The molecule has 364 valence electrons. The molecule has 1 amide bonds. The quantitative estimate of drug-likeness (QED) is 0.140. The molecule has 3 aliphatic heterocycles. The zero-order chi connectivity index (χ0) is 46.7. The van der Waals surface area contributed by atoms with Crippen molar-refractivity contribution in [3.8, 4) is 22.5 Å². The minimum Gasteiger partial charge on any atom is -0.448 e. The molecule has 5 heterocycles. The van der Waals surface area contributed by atoms with Gasteiger partial charge in [0.2, 0.25) is 0 Å². The molecule has 2 aliphatic carbocycles. The number of pyridine rings is 2. The van der Waals surface area contributed by atoms with E-state index in [0.29, 0.717) is 19.8 Å². The monoisotopic (exact) mass is 934 g/mol. The third-order valence-electron chi connectivity index (χ3n) is 15.8. The molecular formula is C56H80ClN7O3. The van der Waals surface area contributed by atoms with Crippen molar-refractivity contribution in [3.05, 3.63) is 95.1 Å². The Morgan fingerprint density at radius 2 is 0.970 bits per heavy atom. The number of amides is 1. The molecule has 0 atom stereocenters. The maximum absolute atomic E-state index is 11.6. The van der Waals surface area contributed by atoms with Crippen molar-refractivity contribution in [3.63, 3.8) is 0 Å². The summed E-state index contributed by atoms with van der Waals surface area (Å²) in [5.41, 5.74) is 11.4. The Hall–Kier alpha value is -4.22. The highest BCUT2D eigenvalue weighted by atomic mass is 35.5. The molecule has 1 N–H and O–H groups in total. The highest BCUT2D eigenvalue weighted by molar-refractivity contribution is 5.85. The third kappa shape index (κ3) is 11.8. The summed E-state index contributed by atoms with van der Waals surface area (Å²) in [5, 5.41) is 8.95. The van der Waals surface area contributed by atoms with Gasteiger partial charge in [-0.2, -0.15) is 0 Å². The highest BCUT2D eigenvalue weighted by Gasteiger charge is 2.38. The van der Waals surface area contributed by atoms with E-state index in [2.05, 4.69) is 148 Å². The molecule has 4 aromatic rings. The summed E-state index contributed by atoms with van der Waals surface area (Å²) in [6.45, 7) is 31.5. The zero-order valence-electron chi connectivity index (χ0n) is 42.1. The largest absolute Gasteiger partial charge is 0.448 e. The van der Waals surface area contributed by atoms with Gasteiger partial charge >= 0.3 is 6.09 Å². The van der Waals surface area contributed by atoms with E-state index in [1.54, 1.807) is 4.90 Å². The predicted octanol–water partition coefficient (Wildman–Crippen LogP) is 10.5. The number of nitrogens with zero attached hydrogens (tertiary/aromatic N) is 7. The number of carbonyl (C=O) groups is 1. The number of ether oxygens (including phenoxy) is 1. The molecule has 0 spiro atoms. The lowest BCUT2D eigenvalue weighted by molar-refractivity contribution is 0.152. The van der Waals surface area contributed by atoms with Crippen molar-refractivity contribution in [2.75, 3.05) is 102 Å². The Labute approximate surface area is 408 Å². The number of benzene rings is 2. The lowest BCUT2D eigenvalue weighted by atomic mass is 9.63. The summed E-state index contributed by atoms with van der Waals surface area (Å²) >= 11 is 0. The van der Waals surface area contributed by atoms with Crippen LogP contribution in [0, 0.1) is 0 Å². The van der Waals surface area contributed by atoms with Gasteiger partial charge in [0.25, 0.3) is 0 Å². The predicted molar refractivity (Wildman–Crippen MR) is 278 cm³/mol. The number of aliphatic hydroxyl groups is 1. The fraction of sp³-hybridized carbons (Fsp3) is 0.589. The van der Waals surface area contributed by atoms with Gasteiger partial charge in [-0.3, -0.25) is 9.80 Å². The number of rotatable bonds is 12. The number of hydrogen-bond acceptors (Lipinski definition) is 9. The fourth-order valence-electron chi connectivity index (χ4n) is 10.9. The first-order valence-electron chi connectivity index (χ1n) is 25.3. The second-order valence-electron chi connectivity index (χ2n) is 22.4. The molecule has 0 bridgehead atoms. The molecule has 3 fully saturated rings. The Balaban J connectivity index is 0.000000196. The van der Waals surface area contributed by atoms with Gasteiger partial charge in [0.15, 0.2) is 0 Å². The molecule has 2 aromatic heterocycles. The molecule has 3 saturated heterocycles. The van der Waals surface area contributed by atoms with E-state index in [0.717, 1.165) is 108 Å². The normalized spacial score (nSPS) is 20.8. The van der Waals surface area contributed by atoms with Crippen LogP contribution in [0.25, 0.3) is 22.5 Å². The van der Waals surface area contributed by atoms with Gasteiger partial charge in [0.05, 0.1) is 17.9 Å². The van der Waals surface area contributed by atoms with E-state index >= 15 is 0 Å². The Bertz CT molecular complexity index is 2300. The summed E-state index contributed by atoms with van der Waals surface area (Å²) in [6, 6.07) is 26.9. The Kier molecular flexibility index (Phi) is 16.0.